The number of phenolic OH excluding ortho intramolecular Hbond substituents is 3. The van der Waals surface area contributed by atoms with Crippen molar-refractivity contribution < 1.29 is 24.5 Å². The largest absolute Gasteiger partial charge is 0.508 e. The Labute approximate surface area is 130 Å². The highest BCUT2D eigenvalue weighted by Gasteiger charge is 2.19. The van der Waals surface area contributed by atoms with Crippen molar-refractivity contribution in [2.75, 3.05) is 7.11 Å². The molecule has 3 N–H and O–H groups in total. The summed E-state index contributed by atoms with van der Waals surface area (Å²) < 4.78 is 10.9. The molecule has 1 aromatic heterocycles. The van der Waals surface area contributed by atoms with Gasteiger partial charge in [-0.25, -0.2) is 0 Å². The van der Waals surface area contributed by atoms with Gasteiger partial charge in [0.05, 0.1) is 12.5 Å². The van der Waals surface area contributed by atoms with Gasteiger partial charge in [0, 0.05) is 11.6 Å². The van der Waals surface area contributed by atoms with Gasteiger partial charge in [0.15, 0.2) is 17.3 Å². The summed E-state index contributed by atoms with van der Waals surface area (Å²) in [6, 6.07) is 6.83. The van der Waals surface area contributed by atoms with Crippen LogP contribution in [0, 0.1) is 6.92 Å². The van der Waals surface area contributed by atoms with Crippen molar-refractivity contribution in [2.24, 2.45) is 0 Å². The van der Waals surface area contributed by atoms with Gasteiger partial charge in [-0.1, -0.05) is 0 Å². The first-order valence-electron chi connectivity index (χ1n) is 6.79. The molecule has 0 fully saturated rings. The Hall–Kier alpha value is -3.15. The molecule has 3 rings (SSSR count). The predicted octanol–water partition coefficient (Wildman–Crippen LogP) is 2.89. The van der Waals surface area contributed by atoms with Gasteiger partial charge in [-0.3, -0.25) is 4.79 Å². The number of aromatic hydroxyl groups is 3. The number of ether oxygens (including phenoxy) is 1. The molecule has 0 saturated carbocycles. The predicted molar refractivity (Wildman–Crippen MR) is 84.2 cm³/mol. The normalized spacial score (nSPS) is 10.9. The molecule has 0 bridgehead atoms. The number of fused-ring (bicyclic) bond motifs is 1. The summed E-state index contributed by atoms with van der Waals surface area (Å²) in [6.45, 7) is 1.68. The van der Waals surface area contributed by atoms with Crippen LogP contribution in [0.2, 0.25) is 0 Å². The Morgan fingerprint density at radius 1 is 1.04 bits per heavy atom. The van der Waals surface area contributed by atoms with E-state index >= 15 is 0 Å². The first-order chi connectivity index (χ1) is 10.9. The Kier molecular flexibility index (Phi) is 3.37. The van der Waals surface area contributed by atoms with Gasteiger partial charge >= 0.3 is 0 Å². The molecule has 2 aromatic carbocycles. The van der Waals surface area contributed by atoms with Crippen molar-refractivity contribution in [3.63, 3.8) is 0 Å². The molecule has 0 aliphatic rings. The highest BCUT2D eigenvalue weighted by Crippen LogP contribution is 2.36. The van der Waals surface area contributed by atoms with Gasteiger partial charge in [-0.05, 0) is 36.8 Å². The lowest BCUT2D eigenvalue weighted by Crippen LogP contribution is -2.08. The minimum atomic E-state index is -0.381. The highest BCUT2D eigenvalue weighted by atomic mass is 16.5. The van der Waals surface area contributed by atoms with Crippen molar-refractivity contribution in [3.8, 4) is 34.3 Å². The lowest BCUT2D eigenvalue weighted by molar-refractivity contribution is 0.396. The molecule has 6 heteroatoms. The fraction of sp³-hybridized carbons (Fsp3) is 0.118. The van der Waals surface area contributed by atoms with Crippen LogP contribution < -0.4 is 10.2 Å². The summed E-state index contributed by atoms with van der Waals surface area (Å²) in [5.41, 5.74) is 0.744. The molecule has 0 amide bonds. The summed E-state index contributed by atoms with van der Waals surface area (Å²) in [5, 5.41) is 29.1. The number of benzene rings is 2. The SMILES string of the molecule is COc1c(-c2ccc(O)c(O)c2)oc2cc(O)cc(C)c2c1=O. The first-order valence-corrected chi connectivity index (χ1v) is 6.79. The standard InChI is InChI=1S/C17H14O6/c1-8-5-10(18)7-13-14(8)15(21)17(22-2)16(23-13)9-3-4-11(19)12(20)6-9/h3-7,18-20H,1-2H3. The summed E-state index contributed by atoms with van der Waals surface area (Å²) >= 11 is 0. The highest BCUT2D eigenvalue weighted by molar-refractivity contribution is 5.86. The third-order valence-corrected chi connectivity index (χ3v) is 3.58. The molecule has 0 aliphatic heterocycles. The van der Waals surface area contributed by atoms with Crippen molar-refractivity contribution in [1.82, 2.24) is 0 Å². The molecular formula is C17H14O6. The number of phenols is 3. The van der Waals surface area contributed by atoms with E-state index in [1.807, 2.05) is 0 Å². The van der Waals surface area contributed by atoms with Crippen LogP contribution in [0.1, 0.15) is 5.56 Å². The molecule has 0 unspecified atom stereocenters. The van der Waals surface area contributed by atoms with E-state index < -0.39 is 0 Å². The second-order valence-electron chi connectivity index (χ2n) is 5.13. The van der Waals surface area contributed by atoms with Gasteiger partial charge in [0.25, 0.3) is 0 Å². The molecular weight excluding hydrogens is 300 g/mol. The van der Waals surface area contributed by atoms with Gasteiger partial charge in [-0.2, -0.15) is 0 Å². The lowest BCUT2D eigenvalue weighted by atomic mass is 10.1. The zero-order valence-electron chi connectivity index (χ0n) is 12.5. The maximum Gasteiger partial charge on any atom is 0.235 e. The second kappa shape index (κ2) is 5.24. The molecule has 3 aromatic rings. The number of hydrogen-bond acceptors (Lipinski definition) is 6. The molecule has 6 nitrogen and oxygen atoms in total. The number of hydrogen-bond donors (Lipinski definition) is 3. The topological polar surface area (TPSA) is 100 Å². The van der Waals surface area contributed by atoms with Crippen LogP contribution in [-0.4, -0.2) is 22.4 Å². The van der Waals surface area contributed by atoms with Gasteiger partial charge in [0.2, 0.25) is 11.2 Å². The molecule has 0 saturated heterocycles. The average Bonchev–Trinajstić information content (AvgIpc) is 2.49. The smallest absolute Gasteiger partial charge is 0.235 e. The molecule has 1 heterocycles. The van der Waals surface area contributed by atoms with E-state index in [-0.39, 0.29) is 39.8 Å². The van der Waals surface area contributed by atoms with E-state index in [4.69, 9.17) is 9.15 Å². The monoisotopic (exact) mass is 314 g/mol. The molecule has 0 atom stereocenters. The third kappa shape index (κ3) is 2.34. The van der Waals surface area contributed by atoms with E-state index in [2.05, 4.69) is 0 Å². The maximum absolute atomic E-state index is 12.7. The van der Waals surface area contributed by atoms with Crippen LogP contribution in [-0.2, 0) is 0 Å². The Morgan fingerprint density at radius 3 is 2.43 bits per heavy atom. The zero-order valence-corrected chi connectivity index (χ0v) is 12.5. The summed E-state index contributed by atoms with van der Waals surface area (Å²) in [5.74, 6) is -0.576. The molecule has 118 valence electrons. The fourth-order valence-corrected chi connectivity index (χ4v) is 2.52. The summed E-state index contributed by atoms with van der Waals surface area (Å²) in [4.78, 5) is 12.7. The van der Waals surface area contributed by atoms with Crippen molar-refractivity contribution in [1.29, 1.82) is 0 Å². The molecule has 23 heavy (non-hydrogen) atoms. The summed E-state index contributed by atoms with van der Waals surface area (Å²) in [6.07, 6.45) is 0. The minimum absolute atomic E-state index is 0.0172. The number of aryl methyl sites for hydroxylation is 1. The zero-order chi connectivity index (χ0) is 16.7. The van der Waals surface area contributed by atoms with E-state index in [1.54, 1.807) is 6.92 Å². The van der Waals surface area contributed by atoms with Gasteiger partial charge in [0.1, 0.15) is 11.3 Å². The maximum atomic E-state index is 12.7. The second-order valence-corrected chi connectivity index (χ2v) is 5.13. The number of rotatable bonds is 2. The molecule has 0 aliphatic carbocycles. The first kappa shape index (κ1) is 14.8. The van der Waals surface area contributed by atoms with E-state index in [0.29, 0.717) is 16.5 Å². The summed E-state index contributed by atoms with van der Waals surface area (Å²) in [7, 11) is 1.34. The van der Waals surface area contributed by atoms with Crippen LogP contribution >= 0.6 is 0 Å². The van der Waals surface area contributed by atoms with Crippen LogP contribution in [0.15, 0.2) is 39.5 Å². The van der Waals surface area contributed by atoms with Crippen LogP contribution in [0.5, 0.6) is 23.0 Å². The Bertz CT molecular complexity index is 971. The fourth-order valence-electron chi connectivity index (χ4n) is 2.52. The van der Waals surface area contributed by atoms with E-state index in [0.717, 1.165) is 0 Å². The Balaban J connectivity index is 2.40. The van der Waals surface area contributed by atoms with Crippen molar-refractivity contribution in [3.05, 3.63) is 46.1 Å². The van der Waals surface area contributed by atoms with E-state index in [1.165, 1.54) is 37.4 Å². The van der Waals surface area contributed by atoms with Crippen LogP contribution in [0.25, 0.3) is 22.3 Å². The average molecular weight is 314 g/mol. The third-order valence-electron chi connectivity index (χ3n) is 3.58. The minimum Gasteiger partial charge on any atom is -0.508 e. The van der Waals surface area contributed by atoms with Crippen molar-refractivity contribution in [2.45, 2.75) is 6.92 Å². The van der Waals surface area contributed by atoms with Crippen LogP contribution in [0.3, 0.4) is 0 Å². The Morgan fingerprint density at radius 2 is 1.78 bits per heavy atom. The lowest BCUT2D eigenvalue weighted by Gasteiger charge is -2.11. The molecule has 0 radical (unpaired) electrons. The number of methoxy groups -OCH3 is 1. The van der Waals surface area contributed by atoms with Crippen molar-refractivity contribution >= 4 is 11.0 Å². The van der Waals surface area contributed by atoms with E-state index in [9.17, 15) is 20.1 Å². The van der Waals surface area contributed by atoms with Gasteiger partial charge in [-0.15, -0.1) is 0 Å². The van der Waals surface area contributed by atoms with Gasteiger partial charge < -0.3 is 24.5 Å². The van der Waals surface area contributed by atoms with Crippen LogP contribution in [0.4, 0.5) is 0 Å². The molecule has 0 spiro atoms. The quantitative estimate of drug-likeness (QED) is 0.629.